The predicted molar refractivity (Wildman–Crippen MR) is 86.5 cm³/mol. The van der Waals surface area contributed by atoms with Gasteiger partial charge in [0.15, 0.2) is 0 Å². The standard InChI is InChI=1S/C17H28N2O2/c1-5-17(18,6-2)12-19-16(20)7-8-21-15-10-13(3)9-14(4)11-15/h9-11H,5-8,12,18H2,1-4H3,(H,19,20). The van der Waals surface area contributed by atoms with Crippen molar-refractivity contribution in [1.82, 2.24) is 5.32 Å². The van der Waals surface area contributed by atoms with Crippen LogP contribution in [0.5, 0.6) is 5.75 Å². The molecule has 0 saturated heterocycles. The van der Waals surface area contributed by atoms with Gasteiger partial charge < -0.3 is 15.8 Å². The maximum Gasteiger partial charge on any atom is 0.223 e. The second-order valence-electron chi connectivity index (χ2n) is 5.77. The Hall–Kier alpha value is -1.55. The molecular formula is C17H28N2O2. The van der Waals surface area contributed by atoms with Gasteiger partial charge in [-0.25, -0.2) is 0 Å². The Kier molecular flexibility index (Phi) is 6.69. The fourth-order valence-corrected chi connectivity index (χ4v) is 2.14. The zero-order chi connectivity index (χ0) is 15.9. The summed E-state index contributed by atoms with van der Waals surface area (Å²) in [6.07, 6.45) is 2.04. The molecule has 0 atom stereocenters. The Morgan fingerprint density at radius 2 is 1.76 bits per heavy atom. The van der Waals surface area contributed by atoms with E-state index in [0.717, 1.165) is 29.7 Å². The topological polar surface area (TPSA) is 64.3 Å². The van der Waals surface area contributed by atoms with Crippen molar-refractivity contribution in [3.63, 3.8) is 0 Å². The van der Waals surface area contributed by atoms with Crippen molar-refractivity contribution in [2.24, 2.45) is 5.73 Å². The van der Waals surface area contributed by atoms with Gasteiger partial charge in [-0.3, -0.25) is 4.79 Å². The van der Waals surface area contributed by atoms with Gasteiger partial charge in [0.2, 0.25) is 5.91 Å². The van der Waals surface area contributed by atoms with Crippen molar-refractivity contribution >= 4 is 5.91 Å². The zero-order valence-electron chi connectivity index (χ0n) is 13.7. The predicted octanol–water partition coefficient (Wildman–Crippen LogP) is 2.71. The van der Waals surface area contributed by atoms with Gasteiger partial charge in [-0.15, -0.1) is 0 Å². The van der Waals surface area contributed by atoms with Crippen LogP contribution in [-0.4, -0.2) is 24.6 Å². The van der Waals surface area contributed by atoms with E-state index in [4.69, 9.17) is 10.5 Å². The minimum Gasteiger partial charge on any atom is -0.493 e. The normalized spacial score (nSPS) is 11.3. The molecule has 0 radical (unpaired) electrons. The summed E-state index contributed by atoms with van der Waals surface area (Å²) in [6.45, 7) is 9.04. The Balaban J connectivity index is 2.33. The molecule has 0 aliphatic carbocycles. The lowest BCUT2D eigenvalue weighted by Crippen LogP contribution is -2.49. The summed E-state index contributed by atoms with van der Waals surface area (Å²) in [5, 5.41) is 2.89. The molecule has 1 aromatic carbocycles. The third-order valence-electron chi connectivity index (χ3n) is 3.84. The number of nitrogens with one attached hydrogen (secondary N) is 1. The van der Waals surface area contributed by atoms with Crippen molar-refractivity contribution < 1.29 is 9.53 Å². The SMILES string of the molecule is CCC(N)(CC)CNC(=O)CCOc1cc(C)cc(C)c1. The first kappa shape index (κ1) is 17.5. The molecule has 0 fully saturated rings. The molecule has 0 aliphatic rings. The van der Waals surface area contributed by atoms with Gasteiger partial charge >= 0.3 is 0 Å². The molecule has 0 spiro atoms. The minimum absolute atomic E-state index is 0.0175. The lowest BCUT2D eigenvalue weighted by Gasteiger charge is -2.26. The lowest BCUT2D eigenvalue weighted by molar-refractivity contribution is -0.121. The van der Waals surface area contributed by atoms with Crippen LogP contribution in [0.1, 0.15) is 44.2 Å². The molecule has 0 aromatic heterocycles. The van der Waals surface area contributed by atoms with Crippen LogP contribution in [0.4, 0.5) is 0 Å². The monoisotopic (exact) mass is 292 g/mol. The van der Waals surface area contributed by atoms with Gasteiger partial charge in [0.25, 0.3) is 0 Å². The van der Waals surface area contributed by atoms with Crippen LogP contribution < -0.4 is 15.8 Å². The molecule has 4 nitrogen and oxygen atoms in total. The molecule has 0 saturated carbocycles. The first-order valence-corrected chi connectivity index (χ1v) is 7.65. The average Bonchev–Trinajstić information content (AvgIpc) is 2.44. The number of hydrogen-bond acceptors (Lipinski definition) is 3. The van der Waals surface area contributed by atoms with Crippen molar-refractivity contribution in [1.29, 1.82) is 0 Å². The number of carbonyl (C=O) groups is 1. The summed E-state index contributed by atoms with van der Waals surface area (Å²) < 4.78 is 5.63. The summed E-state index contributed by atoms with van der Waals surface area (Å²) >= 11 is 0. The molecule has 0 heterocycles. The molecule has 3 N–H and O–H groups in total. The van der Waals surface area contributed by atoms with Gasteiger partial charge in [0.05, 0.1) is 13.0 Å². The molecule has 0 unspecified atom stereocenters. The lowest BCUT2D eigenvalue weighted by atomic mass is 9.94. The Morgan fingerprint density at radius 3 is 2.29 bits per heavy atom. The van der Waals surface area contributed by atoms with Crippen molar-refractivity contribution in [3.05, 3.63) is 29.3 Å². The van der Waals surface area contributed by atoms with Crippen LogP contribution in [0.15, 0.2) is 18.2 Å². The number of amides is 1. The van der Waals surface area contributed by atoms with Crippen LogP contribution in [-0.2, 0) is 4.79 Å². The number of benzene rings is 1. The Labute approximate surface area is 128 Å². The van der Waals surface area contributed by atoms with Crippen LogP contribution in [0.25, 0.3) is 0 Å². The van der Waals surface area contributed by atoms with E-state index in [0.29, 0.717) is 19.6 Å². The molecule has 118 valence electrons. The quantitative estimate of drug-likeness (QED) is 0.774. The maximum atomic E-state index is 11.8. The third-order valence-corrected chi connectivity index (χ3v) is 3.84. The van der Waals surface area contributed by atoms with E-state index in [1.165, 1.54) is 0 Å². The van der Waals surface area contributed by atoms with E-state index in [9.17, 15) is 4.79 Å². The highest BCUT2D eigenvalue weighted by Gasteiger charge is 2.20. The molecule has 0 aliphatic heterocycles. The van der Waals surface area contributed by atoms with E-state index in [1.54, 1.807) is 0 Å². The summed E-state index contributed by atoms with van der Waals surface area (Å²) in [5.41, 5.74) is 8.17. The van der Waals surface area contributed by atoms with Gasteiger partial charge in [0.1, 0.15) is 5.75 Å². The number of nitrogens with two attached hydrogens (primary N) is 1. The highest BCUT2D eigenvalue weighted by molar-refractivity contribution is 5.76. The van der Waals surface area contributed by atoms with Crippen molar-refractivity contribution in [3.8, 4) is 5.75 Å². The van der Waals surface area contributed by atoms with Gasteiger partial charge in [-0.2, -0.15) is 0 Å². The summed E-state index contributed by atoms with van der Waals surface area (Å²) in [7, 11) is 0. The first-order chi connectivity index (χ1) is 9.88. The van der Waals surface area contributed by atoms with Crippen molar-refractivity contribution in [2.75, 3.05) is 13.2 Å². The van der Waals surface area contributed by atoms with Crippen LogP contribution >= 0.6 is 0 Å². The highest BCUT2D eigenvalue weighted by Crippen LogP contribution is 2.16. The molecule has 1 amide bonds. The molecule has 4 heteroatoms. The minimum atomic E-state index is -0.301. The average molecular weight is 292 g/mol. The number of carbonyl (C=O) groups excluding carboxylic acids is 1. The highest BCUT2D eigenvalue weighted by atomic mass is 16.5. The molecule has 1 rings (SSSR count). The fraction of sp³-hybridized carbons (Fsp3) is 0.588. The second-order valence-corrected chi connectivity index (χ2v) is 5.77. The Morgan fingerprint density at radius 1 is 1.19 bits per heavy atom. The van der Waals surface area contributed by atoms with Crippen LogP contribution in [0.3, 0.4) is 0 Å². The van der Waals surface area contributed by atoms with Crippen LogP contribution in [0.2, 0.25) is 0 Å². The van der Waals surface area contributed by atoms with Crippen molar-refractivity contribution in [2.45, 2.75) is 52.5 Å². The molecular weight excluding hydrogens is 264 g/mol. The molecule has 0 bridgehead atoms. The Bertz CT molecular complexity index is 448. The number of ether oxygens (including phenoxy) is 1. The fourth-order valence-electron chi connectivity index (χ4n) is 2.14. The van der Waals surface area contributed by atoms with E-state index in [2.05, 4.69) is 11.4 Å². The number of hydrogen-bond donors (Lipinski definition) is 2. The molecule has 1 aromatic rings. The van der Waals surface area contributed by atoms with E-state index in [-0.39, 0.29) is 11.4 Å². The number of aryl methyl sites for hydroxylation is 2. The smallest absolute Gasteiger partial charge is 0.223 e. The first-order valence-electron chi connectivity index (χ1n) is 7.65. The number of rotatable bonds is 8. The summed E-state index contributed by atoms with van der Waals surface area (Å²) in [4.78, 5) is 11.8. The van der Waals surface area contributed by atoms with Crippen LogP contribution in [0, 0.1) is 13.8 Å². The summed E-state index contributed by atoms with van der Waals surface area (Å²) in [6, 6.07) is 6.05. The largest absolute Gasteiger partial charge is 0.493 e. The van der Waals surface area contributed by atoms with E-state index >= 15 is 0 Å². The maximum absolute atomic E-state index is 11.8. The summed E-state index contributed by atoms with van der Waals surface area (Å²) in [5.74, 6) is 0.798. The zero-order valence-corrected chi connectivity index (χ0v) is 13.7. The third kappa shape index (κ3) is 6.17. The van der Waals surface area contributed by atoms with Gasteiger partial charge in [-0.1, -0.05) is 19.9 Å². The van der Waals surface area contributed by atoms with Gasteiger partial charge in [0, 0.05) is 12.1 Å². The van der Waals surface area contributed by atoms with E-state index < -0.39 is 0 Å². The second kappa shape index (κ2) is 8.03. The van der Waals surface area contributed by atoms with Gasteiger partial charge in [-0.05, 0) is 49.9 Å². The molecule has 21 heavy (non-hydrogen) atoms. The van der Waals surface area contributed by atoms with E-state index in [1.807, 2.05) is 39.8 Å².